The zero-order valence-electron chi connectivity index (χ0n) is 28.4. The quantitative estimate of drug-likeness (QED) is 0.167. The van der Waals surface area contributed by atoms with Gasteiger partial charge in [0.15, 0.2) is 0 Å². The van der Waals surface area contributed by atoms with Crippen LogP contribution in [0.2, 0.25) is 0 Å². The van der Waals surface area contributed by atoms with Crippen molar-refractivity contribution in [2.24, 2.45) is 9.98 Å². The number of aromatic amines is 2. The first-order chi connectivity index (χ1) is 26.1. The van der Waals surface area contributed by atoms with Crippen LogP contribution in [0.5, 0.6) is 0 Å². The molecule has 6 aromatic rings. The van der Waals surface area contributed by atoms with Crippen LogP contribution in [0, 0.1) is 0 Å². The SMILES string of the molecule is COC(=O)c1ccc(/C2=c3\cc/c([nH]3)=C(\c3ccncc3)C3=N/C(=C(/c4ccncc4)c4ccc([nH]4)C(c4ccncc4)=C=C4C=CC2=N4)C=C3)cc1. The number of nitrogens with zero attached hydrogens (tertiary/aromatic N) is 5. The minimum atomic E-state index is -0.398. The third-order valence-electron chi connectivity index (χ3n) is 9.25. The summed E-state index contributed by atoms with van der Waals surface area (Å²) in [4.78, 5) is 43.0. The molecule has 0 saturated carbocycles. The number of H-pyrrole nitrogens is 2. The van der Waals surface area contributed by atoms with Gasteiger partial charge in [0, 0.05) is 75.9 Å². The third-order valence-corrected chi connectivity index (χ3v) is 9.25. The van der Waals surface area contributed by atoms with Gasteiger partial charge in [-0.1, -0.05) is 17.9 Å². The minimum absolute atomic E-state index is 0.398. The van der Waals surface area contributed by atoms with Gasteiger partial charge in [0.2, 0.25) is 0 Å². The molecular formula is C44H29N7O2. The zero-order valence-corrected chi connectivity index (χ0v) is 28.4. The van der Waals surface area contributed by atoms with Gasteiger partial charge >= 0.3 is 5.97 Å². The summed E-state index contributed by atoms with van der Waals surface area (Å²) in [5, 5.41) is 1.71. The monoisotopic (exact) mass is 687 g/mol. The number of pyridine rings is 3. The maximum Gasteiger partial charge on any atom is 0.337 e. The standard InChI is InChI=1S/C44H29N7O2/c1-53-44(52)31-4-2-28(3-5-31)41-35-7-6-32(48-35)26-33(27-14-20-45-21-15-27)34-8-9-36(49-34)42(29-16-22-46-23-17-29)38-12-13-40(51-38)43(30-18-24-47-25-19-30)39-11-10-37(41)50-39/h2-25,49-50H,1H3/b41-37-,42-38-,43-39-. The molecule has 3 aliphatic heterocycles. The fourth-order valence-corrected chi connectivity index (χ4v) is 6.78. The molecule has 0 amide bonds. The highest BCUT2D eigenvalue weighted by Gasteiger charge is 2.22. The molecule has 8 heterocycles. The number of rotatable bonds is 5. The summed E-state index contributed by atoms with van der Waals surface area (Å²) in [6.07, 6.45) is 18.8. The number of hydrogen-bond donors (Lipinski definition) is 2. The van der Waals surface area contributed by atoms with E-state index in [-0.39, 0.29) is 0 Å². The van der Waals surface area contributed by atoms with Crippen LogP contribution in [-0.4, -0.2) is 49.4 Å². The van der Waals surface area contributed by atoms with E-state index in [2.05, 4.69) is 67.1 Å². The second-order valence-corrected chi connectivity index (χ2v) is 12.4. The molecule has 0 unspecified atom stereocenters. The van der Waals surface area contributed by atoms with Crippen LogP contribution in [0.15, 0.2) is 174 Å². The highest BCUT2D eigenvalue weighted by Crippen LogP contribution is 2.33. The van der Waals surface area contributed by atoms with Crippen molar-refractivity contribution < 1.29 is 9.53 Å². The van der Waals surface area contributed by atoms with E-state index in [0.29, 0.717) is 11.3 Å². The van der Waals surface area contributed by atoms with Gasteiger partial charge in [0.05, 0.1) is 35.5 Å². The van der Waals surface area contributed by atoms with Crippen molar-refractivity contribution in [2.45, 2.75) is 0 Å². The van der Waals surface area contributed by atoms with Crippen LogP contribution in [-0.2, 0) is 4.74 Å². The summed E-state index contributed by atoms with van der Waals surface area (Å²) >= 11 is 0. The lowest BCUT2D eigenvalue weighted by Crippen LogP contribution is -2.21. The lowest BCUT2D eigenvalue weighted by Gasteiger charge is -2.10. The van der Waals surface area contributed by atoms with Gasteiger partial charge in [-0.2, -0.15) is 0 Å². The number of benzene rings is 1. The number of nitrogens with one attached hydrogen (secondary N) is 2. The van der Waals surface area contributed by atoms with Gasteiger partial charge in [0.25, 0.3) is 0 Å². The average molecular weight is 688 g/mol. The zero-order chi connectivity index (χ0) is 35.7. The minimum Gasteiger partial charge on any atom is -0.465 e. The molecule has 8 bridgehead atoms. The van der Waals surface area contributed by atoms with E-state index in [4.69, 9.17) is 14.7 Å². The molecule has 9 nitrogen and oxygen atoms in total. The Bertz CT molecular complexity index is 2780. The first-order valence-electron chi connectivity index (χ1n) is 17.0. The van der Waals surface area contributed by atoms with Gasteiger partial charge in [-0.15, -0.1) is 0 Å². The molecule has 252 valence electrons. The largest absolute Gasteiger partial charge is 0.465 e. The molecule has 0 aliphatic carbocycles. The molecule has 0 atom stereocenters. The fraction of sp³-hybridized carbons (Fsp3) is 0.0227. The highest BCUT2D eigenvalue weighted by atomic mass is 16.5. The van der Waals surface area contributed by atoms with Crippen molar-refractivity contribution in [3.8, 4) is 0 Å². The van der Waals surface area contributed by atoms with Crippen molar-refractivity contribution in [3.05, 3.63) is 213 Å². The Morgan fingerprint density at radius 2 is 1.09 bits per heavy atom. The van der Waals surface area contributed by atoms with Crippen LogP contribution in [0.25, 0.3) is 22.3 Å². The maximum atomic E-state index is 12.3. The number of aromatic nitrogens is 5. The molecule has 0 saturated heterocycles. The second kappa shape index (κ2) is 13.3. The van der Waals surface area contributed by atoms with E-state index in [9.17, 15) is 4.79 Å². The Morgan fingerprint density at radius 1 is 0.547 bits per heavy atom. The molecule has 9 heteroatoms. The Balaban J connectivity index is 1.39. The van der Waals surface area contributed by atoms with Gasteiger partial charge in [-0.05, 0) is 119 Å². The van der Waals surface area contributed by atoms with Crippen molar-refractivity contribution in [1.82, 2.24) is 24.9 Å². The lowest BCUT2D eigenvalue weighted by atomic mass is 9.99. The predicted molar refractivity (Wildman–Crippen MR) is 205 cm³/mol. The summed E-state index contributed by atoms with van der Waals surface area (Å²) in [6, 6.07) is 27.5. The Morgan fingerprint density at radius 3 is 1.74 bits per heavy atom. The predicted octanol–water partition coefficient (Wildman–Crippen LogP) is 6.12. The third kappa shape index (κ3) is 5.93. The lowest BCUT2D eigenvalue weighted by molar-refractivity contribution is 0.0600. The first-order valence-corrected chi connectivity index (χ1v) is 17.0. The molecular weight excluding hydrogens is 659 g/mol. The number of methoxy groups -OCH3 is 1. The molecule has 0 radical (unpaired) electrons. The Kier molecular flexibility index (Phi) is 7.92. The number of carbonyl (C=O) groups excluding carboxylic acids is 1. The van der Waals surface area contributed by atoms with E-state index in [0.717, 1.165) is 83.8 Å². The number of fused-ring (bicyclic) bond motifs is 6. The van der Waals surface area contributed by atoms with E-state index < -0.39 is 5.97 Å². The fourth-order valence-electron chi connectivity index (χ4n) is 6.78. The van der Waals surface area contributed by atoms with Crippen LogP contribution in [0.3, 0.4) is 0 Å². The first kappa shape index (κ1) is 31.5. The molecule has 1 aromatic carbocycles. The van der Waals surface area contributed by atoms with E-state index in [1.54, 1.807) is 49.3 Å². The molecule has 9 rings (SSSR count). The maximum absolute atomic E-state index is 12.3. The number of hydrogen-bond acceptors (Lipinski definition) is 7. The Labute approximate surface area is 303 Å². The molecule has 3 aliphatic rings. The van der Waals surface area contributed by atoms with Crippen molar-refractivity contribution in [1.29, 1.82) is 0 Å². The van der Waals surface area contributed by atoms with Gasteiger partial charge < -0.3 is 14.7 Å². The molecule has 53 heavy (non-hydrogen) atoms. The van der Waals surface area contributed by atoms with Gasteiger partial charge in [-0.3, -0.25) is 15.0 Å². The number of esters is 1. The van der Waals surface area contributed by atoms with E-state index in [1.807, 2.05) is 60.7 Å². The van der Waals surface area contributed by atoms with E-state index >= 15 is 0 Å². The summed E-state index contributed by atoms with van der Waals surface area (Å²) in [5.41, 5.74) is 16.1. The van der Waals surface area contributed by atoms with Crippen LogP contribution >= 0.6 is 0 Å². The summed E-state index contributed by atoms with van der Waals surface area (Å²) in [5.74, 6) is -0.398. The summed E-state index contributed by atoms with van der Waals surface area (Å²) in [6.45, 7) is 0. The van der Waals surface area contributed by atoms with E-state index in [1.165, 1.54) is 7.11 Å². The summed E-state index contributed by atoms with van der Waals surface area (Å²) in [7, 11) is 1.38. The average Bonchev–Trinajstić information content (AvgIpc) is 4.05. The number of ether oxygens (including phenoxy) is 1. The number of carbonyl (C=O) groups is 1. The van der Waals surface area contributed by atoms with Crippen LogP contribution in [0.1, 0.15) is 44.0 Å². The van der Waals surface area contributed by atoms with Gasteiger partial charge in [-0.25, -0.2) is 14.8 Å². The molecule has 2 N–H and O–H groups in total. The topological polar surface area (TPSA) is 121 Å². The second-order valence-electron chi connectivity index (χ2n) is 12.4. The number of allylic oxidation sites excluding steroid dienone is 4. The smallest absolute Gasteiger partial charge is 0.337 e. The van der Waals surface area contributed by atoms with Crippen LogP contribution < -0.4 is 10.7 Å². The summed E-state index contributed by atoms with van der Waals surface area (Å²) < 4.78 is 4.97. The normalized spacial score (nSPS) is 18.2. The molecule has 0 spiro atoms. The van der Waals surface area contributed by atoms with Crippen molar-refractivity contribution in [2.75, 3.05) is 7.11 Å². The number of aliphatic imine (C=N–C) groups is 2. The van der Waals surface area contributed by atoms with Crippen molar-refractivity contribution >= 4 is 39.7 Å². The molecule has 5 aromatic heterocycles. The van der Waals surface area contributed by atoms with Gasteiger partial charge in [0.1, 0.15) is 5.70 Å². The Hall–Kier alpha value is -7.48. The molecule has 0 fully saturated rings. The highest BCUT2D eigenvalue weighted by molar-refractivity contribution is 6.31. The van der Waals surface area contributed by atoms with Crippen molar-refractivity contribution in [3.63, 3.8) is 0 Å². The van der Waals surface area contributed by atoms with Crippen LogP contribution in [0.4, 0.5) is 0 Å².